The lowest BCUT2D eigenvalue weighted by Gasteiger charge is -2.19. The van der Waals surface area contributed by atoms with Crippen molar-refractivity contribution in [2.45, 2.75) is 32.7 Å². The molecule has 0 aromatic carbocycles. The molecule has 0 saturated carbocycles. The minimum absolute atomic E-state index is 0.0589. The Morgan fingerprint density at radius 2 is 2.11 bits per heavy atom. The van der Waals surface area contributed by atoms with Gasteiger partial charge in [0.05, 0.1) is 0 Å². The van der Waals surface area contributed by atoms with Crippen LogP contribution in [0.3, 0.4) is 0 Å². The van der Waals surface area contributed by atoms with Crippen LogP contribution in [0.25, 0.3) is 11.6 Å². The van der Waals surface area contributed by atoms with Gasteiger partial charge in [-0.05, 0) is 26.8 Å². The lowest BCUT2D eigenvalue weighted by atomic mass is 10.1. The van der Waals surface area contributed by atoms with E-state index in [1.54, 1.807) is 6.07 Å². The molecule has 7 heteroatoms. The summed E-state index contributed by atoms with van der Waals surface area (Å²) >= 11 is 0. The van der Waals surface area contributed by atoms with Crippen LogP contribution in [0.1, 0.15) is 26.7 Å². The van der Waals surface area contributed by atoms with Crippen LogP contribution in [0, 0.1) is 0 Å². The predicted octanol–water partition coefficient (Wildman–Crippen LogP) is 0.750. The minimum Gasteiger partial charge on any atom is -0.419 e. The number of rotatable bonds is 4. The summed E-state index contributed by atoms with van der Waals surface area (Å²) in [6, 6.07) is 2.91. The molecule has 19 heavy (non-hydrogen) atoms. The first-order chi connectivity index (χ1) is 8.94. The molecule has 0 amide bonds. The quantitative estimate of drug-likeness (QED) is 0.845. The van der Waals surface area contributed by atoms with Gasteiger partial charge in [0.1, 0.15) is 5.69 Å². The van der Waals surface area contributed by atoms with Gasteiger partial charge in [-0.1, -0.05) is 0 Å². The summed E-state index contributed by atoms with van der Waals surface area (Å²) in [5.41, 5.74) is 0.253. The lowest BCUT2D eigenvalue weighted by Crippen LogP contribution is -2.37. The topological polar surface area (TPSA) is 96.7 Å². The lowest BCUT2D eigenvalue weighted by molar-refractivity contribution is 0.411. The van der Waals surface area contributed by atoms with Gasteiger partial charge >= 0.3 is 0 Å². The van der Waals surface area contributed by atoms with E-state index in [1.807, 2.05) is 0 Å². The number of hydrogen-bond acceptors (Lipinski definition) is 6. The Morgan fingerprint density at radius 3 is 2.74 bits per heavy atom. The van der Waals surface area contributed by atoms with Gasteiger partial charge in [-0.15, -0.1) is 10.2 Å². The molecule has 2 heterocycles. The van der Waals surface area contributed by atoms with Crippen LogP contribution in [-0.2, 0) is 6.42 Å². The van der Waals surface area contributed by atoms with Crippen molar-refractivity contribution < 1.29 is 4.42 Å². The smallest absolute Gasteiger partial charge is 0.268 e. The second kappa shape index (κ2) is 5.31. The third-order valence-electron chi connectivity index (χ3n) is 2.36. The van der Waals surface area contributed by atoms with E-state index in [1.165, 1.54) is 6.07 Å². The Labute approximate surface area is 110 Å². The second-order valence-corrected chi connectivity index (χ2v) is 5.23. The van der Waals surface area contributed by atoms with E-state index in [-0.39, 0.29) is 11.1 Å². The van der Waals surface area contributed by atoms with Gasteiger partial charge in [-0.25, -0.2) is 5.10 Å². The normalized spacial score (nSPS) is 11.7. The number of aromatic nitrogens is 4. The average molecular weight is 263 g/mol. The summed E-state index contributed by atoms with van der Waals surface area (Å²) in [5.74, 6) is 0.849. The molecule has 0 unspecified atom stereocenters. The molecular formula is C12H17N5O2. The largest absolute Gasteiger partial charge is 0.419 e. The number of H-pyrrole nitrogens is 1. The fourth-order valence-corrected chi connectivity index (χ4v) is 1.47. The van der Waals surface area contributed by atoms with Crippen LogP contribution >= 0.6 is 0 Å². The fraction of sp³-hybridized carbons (Fsp3) is 0.500. The van der Waals surface area contributed by atoms with E-state index < -0.39 is 0 Å². The van der Waals surface area contributed by atoms with E-state index in [4.69, 9.17) is 4.42 Å². The second-order valence-electron chi connectivity index (χ2n) is 5.23. The molecule has 2 rings (SSSR count). The Hall–Kier alpha value is -2.02. The van der Waals surface area contributed by atoms with Crippen LogP contribution in [0.2, 0.25) is 0 Å². The molecule has 102 valence electrons. The van der Waals surface area contributed by atoms with Crippen molar-refractivity contribution in [1.29, 1.82) is 0 Å². The molecule has 0 spiro atoms. The number of nitrogens with one attached hydrogen (secondary N) is 2. The molecule has 0 radical (unpaired) electrons. The molecule has 2 N–H and O–H groups in total. The predicted molar refractivity (Wildman–Crippen MR) is 69.6 cm³/mol. The molecular weight excluding hydrogens is 246 g/mol. The van der Waals surface area contributed by atoms with Crippen LogP contribution in [0.4, 0.5) is 0 Å². The van der Waals surface area contributed by atoms with Crippen LogP contribution < -0.4 is 10.9 Å². The Kier molecular flexibility index (Phi) is 3.75. The molecule has 0 fully saturated rings. The summed E-state index contributed by atoms with van der Waals surface area (Å²) in [6.45, 7) is 7.04. The van der Waals surface area contributed by atoms with Crippen molar-refractivity contribution in [3.8, 4) is 11.6 Å². The van der Waals surface area contributed by atoms with Crippen molar-refractivity contribution in [2.24, 2.45) is 0 Å². The number of hydrogen-bond donors (Lipinski definition) is 2. The van der Waals surface area contributed by atoms with Gasteiger partial charge in [0.15, 0.2) is 0 Å². The highest BCUT2D eigenvalue weighted by Crippen LogP contribution is 2.13. The van der Waals surface area contributed by atoms with Crippen molar-refractivity contribution in [2.75, 3.05) is 6.54 Å². The zero-order valence-electron chi connectivity index (χ0n) is 11.2. The summed E-state index contributed by atoms with van der Waals surface area (Å²) in [5, 5.41) is 17.3. The van der Waals surface area contributed by atoms with Crippen LogP contribution in [0.15, 0.2) is 21.3 Å². The van der Waals surface area contributed by atoms with Crippen molar-refractivity contribution in [3.05, 3.63) is 28.4 Å². The molecule has 0 bridgehead atoms. The highest BCUT2D eigenvalue weighted by molar-refractivity contribution is 5.43. The van der Waals surface area contributed by atoms with E-state index in [2.05, 4.69) is 46.5 Å². The van der Waals surface area contributed by atoms with Crippen LogP contribution in [0.5, 0.6) is 0 Å². The zero-order valence-corrected chi connectivity index (χ0v) is 11.2. The monoisotopic (exact) mass is 263 g/mol. The summed E-state index contributed by atoms with van der Waals surface area (Å²) in [6.07, 6.45) is 0.646. The van der Waals surface area contributed by atoms with Gasteiger partial charge < -0.3 is 9.73 Å². The van der Waals surface area contributed by atoms with E-state index in [9.17, 15) is 4.79 Å². The summed E-state index contributed by atoms with van der Waals surface area (Å²) in [4.78, 5) is 10.9. The van der Waals surface area contributed by atoms with E-state index >= 15 is 0 Å². The Morgan fingerprint density at radius 1 is 1.32 bits per heavy atom. The minimum atomic E-state index is -0.266. The van der Waals surface area contributed by atoms with Crippen LogP contribution in [-0.4, -0.2) is 32.5 Å². The average Bonchev–Trinajstić information content (AvgIpc) is 2.77. The maximum absolute atomic E-state index is 10.9. The molecule has 0 aliphatic heterocycles. The van der Waals surface area contributed by atoms with Crippen molar-refractivity contribution in [3.63, 3.8) is 0 Å². The molecule has 0 atom stereocenters. The SMILES string of the molecule is CC(C)(C)NCCc1nnc(-c2ccc(=O)[nH]n2)o1. The maximum Gasteiger partial charge on any atom is 0.268 e. The summed E-state index contributed by atoms with van der Waals surface area (Å²) < 4.78 is 5.48. The first kappa shape index (κ1) is 13.4. The Bertz CT molecular complexity index is 576. The highest BCUT2D eigenvalue weighted by Gasteiger charge is 2.12. The molecule has 0 aliphatic carbocycles. The van der Waals surface area contributed by atoms with Crippen molar-refractivity contribution >= 4 is 0 Å². The molecule has 2 aromatic rings. The summed E-state index contributed by atoms with van der Waals surface area (Å²) in [7, 11) is 0. The first-order valence-electron chi connectivity index (χ1n) is 6.07. The number of nitrogens with zero attached hydrogens (tertiary/aromatic N) is 3. The number of aromatic amines is 1. The van der Waals surface area contributed by atoms with Crippen molar-refractivity contribution in [1.82, 2.24) is 25.7 Å². The van der Waals surface area contributed by atoms with E-state index in [0.717, 1.165) is 6.54 Å². The van der Waals surface area contributed by atoms with Gasteiger partial charge in [-0.3, -0.25) is 4.79 Å². The third-order valence-corrected chi connectivity index (χ3v) is 2.36. The Balaban J connectivity index is 1.99. The first-order valence-corrected chi connectivity index (χ1v) is 6.07. The van der Waals surface area contributed by atoms with Gasteiger partial charge in [0.25, 0.3) is 11.4 Å². The molecule has 7 nitrogen and oxygen atoms in total. The fourth-order valence-electron chi connectivity index (χ4n) is 1.47. The molecule has 2 aromatic heterocycles. The van der Waals surface area contributed by atoms with Gasteiger partial charge in [0.2, 0.25) is 5.89 Å². The van der Waals surface area contributed by atoms with Gasteiger partial charge in [0, 0.05) is 24.6 Å². The standard InChI is InChI=1S/C12H17N5O2/c1-12(2,3)13-7-6-10-16-17-11(19-10)8-4-5-9(18)15-14-8/h4-5,13H,6-7H2,1-3H3,(H,15,18). The highest BCUT2D eigenvalue weighted by atomic mass is 16.4. The maximum atomic E-state index is 10.9. The third kappa shape index (κ3) is 3.99. The zero-order chi connectivity index (χ0) is 13.9. The van der Waals surface area contributed by atoms with E-state index in [0.29, 0.717) is 23.9 Å². The molecule has 0 saturated heterocycles. The van der Waals surface area contributed by atoms with Gasteiger partial charge in [-0.2, -0.15) is 5.10 Å². The molecule has 0 aliphatic rings.